The number of rotatable bonds is 4. The van der Waals surface area contributed by atoms with Crippen LogP contribution in [0.2, 0.25) is 0 Å². The lowest BCUT2D eigenvalue weighted by Gasteiger charge is -2.13. The Hall–Kier alpha value is -2.00. The van der Waals surface area contributed by atoms with Crippen LogP contribution in [-0.2, 0) is 0 Å². The van der Waals surface area contributed by atoms with Crippen LogP contribution in [0.15, 0.2) is 42.5 Å². The topological polar surface area (TPSA) is 34.2 Å². The van der Waals surface area contributed by atoms with E-state index < -0.39 is 0 Å². The second-order valence-corrected chi connectivity index (χ2v) is 4.65. The fourth-order valence-corrected chi connectivity index (χ4v) is 2.49. The highest BCUT2D eigenvalue weighted by Crippen LogP contribution is 2.32. The molecule has 21 heavy (non-hydrogen) atoms. The predicted molar refractivity (Wildman–Crippen MR) is 91.8 cm³/mol. The van der Waals surface area contributed by atoms with Crippen molar-refractivity contribution < 1.29 is 4.74 Å². The third-order valence-corrected chi connectivity index (χ3v) is 3.32. The minimum atomic E-state index is 0. The molecule has 1 aromatic heterocycles. The van der Waals surface area contributed by atoms with E-state index >= 15 is 0 Å². The fourth-order valence-electron chi connectivity index (χ4n) is 2.49. The van der Waals surface area contributed by atoms with Crippen LogP contribution < -0.4 is 10.1 Å². The molecule has 1 N–H and O–H groups in total. The number of halogens is 1. The van der Waals surface area contributed by atoms with Gasteiger partial charge in [0.1, 0.15) is 5.75 Å². The maximum absolute atomic E-state index is 5.60. The zero-order chi connectivity index (χ0) is 13.9. The molecule has 110 valence electrons. The summed E-state index contributed by atoms with van der Waals surface area (Å²) in [5.41, 5.74) is 3.14. The number of benzene rings is 2. The second kappa shape index (κ2) is 6.64. The standard InChI is InChI=1S/C17H18N2O.ClH/c1-3-18-17-13-7-5-6-8-15(13)19-16-10-9-12(20-4-2)11-14(16)17;/h5-11H,3-4H2,1-2H3,(H,18,19);1H. The van der Waals surface area contributed by atoms with Gasteiger partial charge in [-0.25, -0.2) is 4.98 Å². The number of nitrogens with one attached hydrogen (secondary N) is 1. The largest absolute Gasteiger partial charge is 0.494 e. The van der Waals surface area contributed by atoms with Gasteiger partial charge >= 0.3 is 0 Å². The highest BCUT2D eigenvalue weighted by atomic mass is 35.5. The van der Waals surface area contributed by atoms with Gasteiger partial charge in [-0.2, -0.15) is 0 Å². The molecular weight excluding hydrogens is 284 g/mol. The van der Waals surface area contributed by atoms with Gasteiger partial charge in [0, 0.05) is 17.3 Å². The summed E-state index contributed by atoms with van der Waals surface area (Å²) in [6.07, 6.45) is 0. The van der Waals surface area contributed by atoms with Gasteiger partial charge in [0.15, 0.2) is 0 Å². The highest BCUT2D eigenvalue weighted by molar-refractivity contribution is 6.07. The molecule has 0 radical (unpaired) electrons. The van der Waals surface area contributed by atoms with E-state index in [-0.39, 0.29) is 12.4 Å². The number of hydrogen-bond donors (Lipinski definition) is 1. The number of anilines is 1. The number of para-hydroxylation sites is 1. The van der Waals surface area contributed by atoms with E-state index in [0.717, 1.165) is 39.8 Å². The van der Waals surface area contributed by atoms with Gasteiger partial charge in [0.25, 0.3) is 0 Å². The lowest BCUT2D eigenvalue weighted by molar-refractivity contribution is 0.341. The Kier molecular flexibility index (Phi) is 4.86. The molecule has 0 fully saturated rings. The van der Waals surface area contributed by atoms with Gasteiger partial charge in [0.05, 0.1) is 23.3 Å². The summed E-state index contributed by atoms with van der Waals surface area (Å²) in [6.45, 7) is 5.65. The van der Waals surface area contributed by atoms with Crippen LogP contribution in [0, 0.1) is 0 Å². The van der Waals surface area contributed by atoms with Crippen molar-refractivity contribution in [2.75, 3.05) is 18.5 Å². The Morgan fingerprint density at radius 3 is 2.52 bits per heavy atom. The molecule has 0 aliphatic rings. The van der Waals surface area contributed by atoms with Gasteiger partial charge < -0.3 is 10.1 Å². The average Bonchev–Trinajstić information content (AvgIpc) is 2.48. The van der Waals surface area contributed by atoms with E-state index in [2.05, 4.69) is 24.4 Å². The molecule has 0 aliphatic carbocycles. The molecule has 0 aliphatic heterocycles. The van der Waals surface area contributed by atoms with Gasteiger partial charge in [-0.05, 0) is 38.1 Å². The lowest BCUT2D eigenvalue weighted by Crippen LogP contribution is -2.00. The number of pyridine rings is 1. The van der Waals surface area contributed by atoms with E-state index in [4.69, 9.17) is 9.72 Å². The van der Waals surface area contributed by atoms with Crippen LogP contribution in [0.25, 0.3) is 21.8 Å². The van der Waals surface area contributed by atoms with E-state index in [0.29, 0.717) is 6.61 Å². The monoisotopic (exact) mass is 302 g/mol. The smallest absolute Gasteiger partial charge is 0.120 e. The van der Waals surface area contributed by atoms with E-state index in [1.54, 1.807) is 0 Å². The number of ether oxygens (including phenoxy) is 1. The summed E-state index contributed by atoms with van der Waals surface area (Å²) in [5.74, 6) is 0.885. The maximum Gasteiger partial charge on any atom is 0.120 e. The third kappa shape index (κ3) is 2.88. The molecule has 4 heteroatoms. The van der Waals surface area contributed by atoms with Gasteiger partial charge in [-0.1, -0.05) is 18.2 Å². The summed E-state index contributed by atoms with van der Waals surface area (Å²) in [4.78, 5) is 4.73. The molecule has 3 aromatic rings. The molecule has 0 unspecified atom stereocenters. The Morgan fingerprint density at radius 2 is 1.76 bits per heavy atom. The molecule has 3 nitrogen and oxygen atoms in total. The first kappa shape index (κ1) is 15.4. The zero-order valence-electron chi connectivity index (χ0n) is 12.2. The summed E-state index contributed by atoms with van der Waals surface area (Å²) in [5, 5.41) is 5.72. The van der Waals surface area contributed by atoms with E-state index in [1.807, 2.05) is 37.3 Å². The van der Waals surface area contributed by atoms with Crippen LogP contribution in [0.5, 0.6) is 5.75 Å². The second-order valence-electron chi connectivity index (χ2n) is 4.65. The summed E-state index contributed by atoms with van der Waals surface area (Å²) in [6, 6.07) is 14.3. The molecule has 0 saturated carbocycles. The average molecular weight is 303 g/mol. The van der Waals surface area contributed by atoms with Crippen LogP contribution in [0.4, 0.5) is 5.69 Å². The number of aromatic nitrogens is 1. The molecule has 0 saturated heterocycles. The van der Waals surface area contributed by atoms with Crippen LogP contribution in [0.1, 0.15) is 13.8 Å². The van der Waals surface area contributed by atoms with Crippen molar-refractivity contribution in [2.45, 2.75) is 13.8 Å². The van der Waals surface area contributed by atoms with Crippen molar-refractivity contribution >= 4 is 39.9 Å². The molecule has 0 amide bonds. The van der Waals surface area contributed by atoms with Crippen LogP contribution >= 0.6 is 12.4 Å². The summed E-state index contributed by atoms with van der Waals surface area (Å²) in [7, 11) is 0. The summed E-state index contributed by atoms with van der Waals surface area (Å²) >= 11 is 0. The maximum atomic E-state index is 5.60. The quantitative estimate of drug-likeness (QED) is 0.713. The SMILES string of the molecule is CCNc1c2ccccc2nc2ccc(OCC)cc12.Cl. The molecule has 2 aromatic carbocycles. The molecule has 0 spiro atoms. The third-order valence-electron chi connectivity index (χ3n) is 3.32. The Bertz CT molecular complexity index is 758. The first-order chi connectivity index (χ1) is 9.83. The normalized spacial score (nSPS) is 10.4. The number of fused-ring (bicyclic) bond motifs is 2. The van der Waals surface area contributed by atoms with Gasteiger partial charge in [-0.3, -0.25) is 0 Å². The first-order valence-corrected chi connectivity index (χ1v) is 7.02. The molecular formula is C17H19ClN2O. The van der Waals surface area contributed by atoms with E-state index in [9.17, 15) is 0 Å². The van der Waals surface area contributed by atoms with Gasteiger partial charge in [-0.15, -0.1) is 12.4 Å². The fraction of sp³-hybridized carbons (Fsp3) is 0.235. The Balaban J connectivity index is 0.00000161. The zero-order valence-corrected chi connectivity index (χ0v) is 13.0. The first-order valence-electron chi connectivity index (χ1n) is 7.02. The van der Waals surface area contributed by atoms with Crippen LogP contribution in [0.3, 0.4) is 0 Å². The highest BCUT2D eigenvalue weighted by Gasteiger charge is 2.09. The molecule has 0 bridgehead atoms. The minimum Gasteiger partial charge on any atom is -0.494 e. The minimum absolute atomic E-state index is 0. The van der Waals surface area contributed by atoms with Crippen molar-refractivity contribution in [3.8, 4) is 5.75 Å². The summed E-state index contributed by atoms with van der Waals surface area (Å²) < 4.78 is 5.60. The molecule has 3 rings (SSSR count). The Labute approximate surface area is 130 Å². The van der Waals surface area contributed by atoms with Gasteiger partial charge in [0.2, 0.25) is 0 Å². The van der Waals surface area contributed by atoms with Crippen LogP contribution in [-0.4, -0.2) is 18.1 Å². The lowest BCUT2D eigenvalue weighted by atomic mass is 10.1. The molecule has 1 heterocycles. The predicted octanol–water partition coefficient (Wildman–Crippen LogP) is 4.64. The van der Waals surface area contributed by atoms with Crippen molar-refractivity contribution in [3.63, 3.8) is 0 Å². The van der Waals surface area contributed by atoms with Crippen molar-refractivity contribution in [1.29, 1.82) is 0 Å². The van der Waals surface area contributed by atoms with Crippen molar-refractivity contribution in [2.24, 2.45) is 0 Å². The van der Waals surface area contributed by atoms with Crippen molar-refractivity contribution in [1.82, 2.24) is 4.98 Å². The van der Waals surface area contributed by atoms with E-state index in [1.165, 1.54) is 0 Å². The number of hydrogen-bond acceptors (Lipinski definition) is 3. The molecule has 0 atom stereocenters. The Morgan fingerprint density at radius 1 is 1.00 bits per heavy atom. The number of nitrogens with zero attached hydrogens (tertiary/aromatic N) is 1. The van der Waals surface area contributed by atoms with Crippen molar-refractivity contribution in [3.05, 3.63) is 42.5 Å².